The maximum atomic E-state index is 9.11. The third kappa shape index (κ3) is 2.48. The molecule has 3 nitrogen and oxygen atoms in total. The molecule has 1 N–H and O–H groups in total. The van der Waals surface area contributed by atoms with E-state index in [9.17, 15) is 0 Å². The van der Waals surface area contributed by atoms with Crippen LogP contribution < -0.4 is 5.32 Å². The van der Waals surface area contributed by atoms with Gasteiger partial charge in [-0.05, 0) is 30.2 Å². The number of aromatic nitrogens is 1. The first-order chi connectivity index (χ1) is 8.20. The highest BCUT2D eigenvalue weighted by Crippen LogP contribution is 2.19. The Balaban J connectivity index is 2.14. The minimum Gasteiger partial charge on any atom is -0.380 e. The average molecular weight is 225 g/mol. The molecular formula is C14H15N3. The number of nitrogens with one attached hydrogen (secondary N) is 1. The standard InChI is InChI=1S/C14H15N3/c1-11-4-3-5-14(13(11)8-15)16-9-12-6-7-17(2)10-12/h3-7,10,16H,9H2,1-2H3. The van der Waals surface area contributed by atoms with Gasteiger partial charge in [-0.2, -0.15) is 5.26 Å². The van der Waals surface area contributed by atoms with Crippen LogP contribution in [0, 0.1) is 18.3 Å². The number of aryl methyl sites for hydroxylation is 2. The van der Waals surface area contributed by atoms with Crippen LogP contribution in [0.4, 0.5) is 5.69 Å². The van der Waals surface area contributed by atoms with E-state index in [2.05, 4.69) is 23.6 Å². The Labute approximate surface area is 101 Å². The number of nitrogens with zero attached hydrogens (tertiary/aromatic N) is 2. The maximum absolute atomic E-state index is 9.11. The zero-order valence-electron chi connectivity index (χ0n) is 10.1. The molecule has 0 unspecified atom stereocenters. The Kier molecular flexibility index (Phi) is 3.15. The normalized spacial score (nSPS) is 9.94. The molecule has 86 valence electrons. The molecule has 0 aliphatic heterocycles. The molecule has 0 spiro atoms. The van der Waals surface area contributed by atoms with Crippen molar-refractivity contribution < 1.29 is 0 Å². The van der Waals surface area contributed by atoms with Crippen molar-refractivity contribution in [2.24, 2.45) is 7.05 Å². The fourth-order valence-electron chi connectivity index (χ4n) is 1.83. The first kappa shape index (κ1) is 11.3. The van der Waals surface area contributed by atoms with Crippen molar-refractivity contribution >= 4 is 5.69 Å². The number of hydrogen-bond donors (Lipinski definition) is 1. The summed E-state index contributed by atoms with van der Waals surface area (Å²) >= 11 is 0. The Hall–Kier alpha value is -2.21. The van der Waals surface area contributed by atoms with E-state index >= 15 is 0 Å². The second kappa shape index (κ2) is 4.75. The lowest BCUT2D eigenvalue weighted by Crippen LogP contribution is -2.01. The van der Waals surface area contributed by atoms with Gasteiger partial charge in [0.15, 0.2) is 0 Å². The number of hydrogen-bond acceptors (Lipinski definition) is 2. The van der Waals surface area contributed by atoms with E-state index in [0.29, 0.717) is 0 Å². The molecule has 1 aromatic heterocycles. The summed E-state index contributed by atoms with van der Waals surface area (Å²) < 4.78 is 2.01. The molecule has 0 aliphatic carbocycles. The largest absolute Gasteiger partial charge is 0.380 e. The Morgan fingerprint density at radius 1 is 1.35 bits per heavy atom. The molecule has 0 amide bonds. The molecule has 3 heteroatoms. The van der Waals surface area contributed by atoms with Gasteiger partial charge in [-0.15, -0.1) is 0 Å². The van der Waals surface area contributed by atoms with E-state index in [4.69, 9.17) is 5.26 Å². The molecule has 17 heavy (non-hydrogen) atoms. The highest BCUT2D eigenvalue weighted by atomic mass is 14.9. The monoisotopic (exact) mass is 225 g/mol. The predicted octanol–water partition coefficient (Wildman–Crippen LogP) is 2.82. The van der Waals surface area contributed by atoms with E-state index in [1.807, 2.05) is 42.9 Å². The van der Waals surface area contributed by atoms with Crippen LogP contribution in [0.2, 0.25) is 0 Å². The summed E-state index contributed by atoms with van der Waals surface area (Å²) in [6.45, 7) is 2.69. The molecule has 0 saturated carbocycles. The van der Waals surface area contributed by atoms with Crippen LogP contribution in [0.15, 0.2) is 36.7 Å². The highest BCUT2D eigenvalue weighted by Gasteiger charge is 2.04. The van der Waals surface area contributed by atoms with Crippen molar-refractivity contribution in [2.45, 2.75) is 13.5 Å². The molecule has 0 radical (unpaired) electrons. The van der Waals surface area contributed by atoms with E-state index in [-0.39, 0.29) is 0 Å². The summed E-state index contributed by atoms with van der Waals surface area (Å²) in [4.78, 5) is 0. The summed E-state index contributed by atoms with van der Waals surface area (Å²) in [5, 5.41) is 12.4. The lowest BCUT2D eigenvalue weighted by Gasteiger charge is -2.08. The van der Waals surface area contributed by atoms with Gasteiger partial charge in [0.25, 0.3) is 0 Å². The van der Waals surface area contributed by atoms with Crippen LogP contribution in [0.5, 0.6) is 0 Å². The van der Waals surface area contributed by atoms with Crippen LogP contribution in [0.3, 0.4) is 0 Å². The van der Waals surface area contributed by atoms with E-state index < -0.39 is 0 Å². The van der Waals surface area contributed by atoms with Gasteiger partial charge >= 0.3 is 0 Å². The molecule has 0 aliphatic rings. The number of anilines is 1. The SMILES string of the molecule is Cc1cccc(NCc2ccn(C)c2)c1C#N. The molecule has 2 rings (SSSR count). The minimum atomic E-state index is 0.725. The van der Waals surface area contributed by atoms with Gasteiger partial charge in [-0.3, -0.25) is 0 Å². The zero-order chi connectivity index (χ0) is 12.3. The first-order valence-corrected chi connectivity index (χ1v) is 5.55. The molecule has 0 bridgehead atoms. The summed E-state index contributed by atoms with van der Waals surface area (Å²) in [6.07, 6.45) is 4.08. The molecular weight excluding hydrogens is 210 g/mol. The van der Waals surface area contributed by atoms with Crippen LogP contribution in [-0.4, -0.2) is 4.57 Å². The number of nitriles is 1. The van der Waals surface area contributed by atoms with Gasteiger partial charge in [0.1, 0.15) is 6.07 Å². The van der Waals surface area contributed by atoms with Crippen molar-refractivity contribution in [3.63, 3.8) is 0 Å². The molecule has 1 heterocycles. The van der Waals surface area contributed by atoms with Crippen molar-refractivity contribution in [1.82, 2.24) is 4.57 Å². The Morgan fingerprint density at radius 3 is 2.82 bits per heavy atom. The van der Waals surface area contributed by atoms with E-state index in [0.717, 1.165) is 23.4 Å². The minimum absolute atomic E-state index is 0.725. The Morgan fingerprint density at radius 2 is 2.18 bits per heavy atom. The fourth-order valence-corrected chi connectivity index (χ4v) is 1.83. The predicted molar refractivity (Wildman–Crippen MR) is 68.6 cm³/mol. The van der Waals surface area contributed by atoms with Crippen molar-refractivity contribution in [3.8, 4) is 6.07 Å². The first-order valence-electron chi connectivity index (χ1n) is 5.55. The van der Waals surface area contributed by atoms with Crippen LogP contribution in [0.25, 0.3) is 0 Å². The summed E-state index contributed by atoms with van der Waals surface area (Å²) in [7, 11) is 2.00. The lowest BCUT2D eigenvalue weighted by molar-refractivity contribution is 0.920. The number of benzene rings is 1. The second-order valence-corrected chi connectivity index (χ2v) is 4.15. The zero-order valence-corrected chi connectivity index (χ0v) is 10.1. The quantitative estimate of drug-likeness (QED) is 0.872. The third-order valence-electron chi connectivity index (χ3n) is 2.76. The topological polar surface area (TPSA) is 40.8 Å². The van der Waals surface area contributed by atoms with Crippen LogP contribution in [0.1, 0.15) is 16.7 Å². The fraction of sp³-hybridized carbons (Fsp3) is 0.214. The lowest BCUT2D eigenvalue weighted by atomic mass is 10.1. The average Bonchev–Trinajstić information content (AvgIpc) is 2.72. The van der Waals surface area contributed by atoms with Crippen LogP contribution >= 0.6 is 0 Å². The third-order valence-corrected chi connectivity index (χ3v) is 2.76. The second-order valence-electron chi connectivity index (χ2n) is 4.15. The van der Waals surface area contributed by atoms with Gasteiger partial charge in [0, 0.05) is 26.0 Å². The van der Waals surface area contributed by atoms with Crippen molar-refractivity contribution in [3.05, 3.63) is 53.3 Å². The van der Waals surface area contributed by atoms with E-state index in [1.165, 1.54) is 5.56 Å². The van der Waals surface area contributed by atoms with Gasteiger partial charge in [-0.1, -0.05) is 12.1 Å². The number of rotatable bonds is 3. The van der Waals surface area contributed by atoms with Crippen molar-refractivity contribution in [2.75, 3.05) is 5.32 Å². The summed E-state index contributed by atoms with van der Waals surface area (Å²) in [6, 6.07) is 10.2. The van der Waals surface area contributed by atoms with Crippen molar-refractivity contribution in [1.29, 1.82) is 5.26 Å². The Bertz CT molecular complexity index is 561. The van der Waals surface area contributed by atoms with Crippen LogP contribution in [-0.2, 0) is 13.6 Å². The van der Waals surface area contributed by atoms with Gasteiger partial charge in [-0.25, -0.2) is 0 Å². The highest BCUT2D eigenvalue weighted by molar-refractivity contribution is 5.60. The summed E-state index contributed by atoms with van der Waals surface area (Å²) in [5.74, 6) is 0. The molecule has 0 fully saturated rings. The molecule has 0 saturated heterocycles. The van der Waals surface area contributed by atoms with Gasteiger partial charge in [0.05, 0.1) is 11.3 Å². The molecule has 1 aromatic carbocycles. The molecule has 2 aromatic rings. The maximum Gasteiger partial charge on any atom is 0.102 e. The van der Waals surface area contributed by atoms with Gasteiger partial charge in [0.2, 0.25) is 0 Å². The summed E-state index contributed by atoms with van der Waals surface area (Å²) in [5.41, 5.74) is 3.84. The van der Waals surface area contributed by atoms with E-state index in [1.54, 1.807) is 0 Å². The van der Waals surface area contributed by atoms with Gasteiger partial charge < -0.3 is 9.88 Å². The molecule has 0 atom stereocenters. The smallest absolute Gasteiger partial charge is 0.102 e.